The fourth-order valence-electron chi connectivity index (χ4n) is 2.54. The van der Waals surface area contributed by atoms with Crippen molar-refractivity contribution in [3.05, 3.63) is 59.9 Å². The van der Waals surface area contributed by atoms with E-state index < -0.39 is 30.1 Å². The number of carbonyl (C=O) groups excluding carboxylic acids is 2. The normalized spacial score (nSPS) is 11.1. The molecule has 5 nitrogen and oxygen atoms in total. The van der Waals surface area contributed by atoms with Gasteiger partial charge in [-0.15, -0.1) is 0 Å². The third-order valence-electron chi connectivity index (χ3n) is 4.08. The Hall–Kier alpha value is -2.90. The van der Waals surface area contributed by atoms with Crippen LogP contribution in [0.25, 0.3) is 0 Å². The van der Waals surface area contributed by atoms with Crippen LogP contribution in [-0.4, -0.2) is 41.8 Å². The second-order valence-corrected chi connectivity index (χ2v) is 6.04. The number of alkyl halides is 3. The Bertz CT molecular complexity index is 794. The molecule has 0 unspecified atom stereocenters. The molecule has 0 bridgehead atoms. The van der Waals surface area contributed by atoms with E-state index in [0.717, 1.165) is 23.5 Å². The molecule has 1 aromatic carbocycles. The van der Waals surface area contributed by atoms with Crippen molar-refractivity contribution < 1.29 is 22.8 Å². The van der Waals surface area contributed by atoms with Crippen molar-refractivity contribution in [3.63, 3.8) is 0 Å². The number of rotatable bonds is 6. The molecule has 1 heterocycles. The lowest BCUT2D eigenvalue weighted by atomic mass is 10.1. The average Bonchev–Trinajstić information content (AvgIpc) is 2.63. The second-order valence-electron chi connectivity index (χ2n) is 6.04. The van der Waals surface area contributed by atoms with Crippen molar-refractivity contribution in [2.75, 3.05) is 25.0 Å². The van der Waals surface area contributed by atoms with Crippen LogP contribution >= 0.6 is 0 Å². The van der Waals surface area contributed by atoms with E-state index in [1.165, 1.54) is 23.1 Å². The minimum atomic E-state index is -4.62. The van der Waals surface area contributed by atoms with E-state index in [2.05, 4.69) is 4.98 Å². The Morgan fingerprint density at radius 3 is 2.30 bits per heavy atom. The molecule has 27 heavy (non-hydrogen) atoms. The summed E-state index contributed by atoms with van der Waals surface area (Å²) in [7, 11) is 1.55. The Morgan fingerprint density at radius 1 is 1.07 bits per heavy atom. The van der Waals surface area contributed by atoms with Crippen LogP contribution in [0.1, 0.15) is 18.1 Å². The van der Waals surface area contributed by atoms with E-state index in [9.17, 15) is 22.8 Å². The van der Waals surface area contributed by atoms with Gasteiger partial charge in [0.2, 0.25) is 11.8 Å². The largest absolute Gasteiger partial charge is 0.418 e. The number of anilines is 1. The zero-order valence-corrected chi connectivity index (χ0v) is 15.0. The summed E-state index contributed by atoms with van der Waals surface area (Å²) < 4.78 is 39.7. The molecule has 8 heteroatoms. The molecule has 2 amide bonds. The van der Waals surface area contributed by atoms with Gasteiger partial charge in [0.1, 0.15) is 6.54 Å². The van der Waals surface area contributed by atoms with Crippen LogP contribution in [0.15, 0.2) is 48.8 Å². The SMILES string of the molecule is CC(=O)N(CC(=O)N(C)CCc1ccncc1)c1ccccc1C(F)(F)F. The van der Waals surface area contributed by atoms with Gasteiger partial charge in [0.05, 0.1) is 11.3 Å². The van der Waals surface area contributed by atoms with Crippen LogP contribution in [0.5, 0.6) is 0 Å². The summed E-state index contributed by atoms with van der Waals surface area (Å²) >= 11 is 0. The fraction of sp³-hybridized carbons (Fsp3) is 0.316. The quantitative estimate of drug-likeness (QED) is 0.775. The molecule has 0 fully saturated rings. The van der Waals surface area contributed by atoms with Crippen molar-refractivity contribution in [2.45, 2.75) is 19.5 Å². The predicted molar refractivity (Wildman–Crippen MR) is 95.0 cm³/mol. The van der Waals surface area contributed by atoms with Crippen molar-refractivity contribution in [1.29, 1.82) is 0 Å². The van der Waals surface area contributed by atoms with Gasteiger partial charge in [0, 0.05) is 32.9 Å². The van der Waals surface area contributed by atoms with Crippen LogP contribution in [0.2, 0.25) is 0 Å². The number of aromatic nitrogens is 1. The Morgan fingerprint density at radius 2 is 1.70 bits per heavy atom. The van der Waals surface area contributed by atoms with E-state index in [-0.39, 0.29) is 5.69 Å². The van der Waals surface area contributed by atoms with Gasteiger partial charge in [-0.3, -0.25) is 14.6 Å². The maximum atomic E-state index is 13.2. The number of benzene rings is 1. The predicted octanol–water partition coefficient (Wildman–Crippen LogP) is 3.15. The standard InChI is InChI=1S/C19H20F3N3O2/c1-14(26)25(17-6-4-3-5-16(17)19(20,21)22)13-18(27)24(2)12-9-15-7-10-23-11-8-15/h3-8,10-11H,9,12-13H2,1-2H3. The minimum absolute atomic E-state index is 0.326. The third-order valence-corrected chi connectivity index (χ3v) is 4.08. The van der Waals surface area contributed by atoms with Gasteiger partial charge in [0.25, 0.3) is 0 Å². The summed E-state index contributed by atoms with van der Waals surface area (Å²) in [6.07, 6.45) is -0.768. The van der Waals surface area contributed by atoms with E-state index in [1.54, 1.807) is 19.4 Å². The topological polar surface area (TPSA) is 53.5 Å². The maximum absolute atomic E-state index is 13.2. The summed E-state index contributed by atoms with van der Waals surface area (Å²) in [6.45, 7) is 1.04. The molecule has 0 aliphatic rings. The number of pyridine rings is 1. The highest BCUT2D eigenvalue weighted by atomic mass is 19.4. The van der Waals surface area contributed by atoms with E-state index in [0.29, 0.717) is 13.0 Å². The number of para-hydroxylation sites is 1. The van der Waals surface area contributed by atoms with Crippen molar-refractivity contribution in [3.8, 4) is 0 Å². The third kappa shape index (κ3) is 5.54. The number of likely N-dealkylation sites (N-methyl/N-ethyl adjacent to an activating group) is 1. The number of halogens is 3. The number of carbonyl (C=O) groups is 2. The number of amides is 2. The molecule has 0 saturated carbocycles. The minimum Gasteiger partial charge on any atom is -0.344 e. The molecule has 0 N–H and O–H groups in total. The van der Waals surface area contributed by atoms with Gasteiger partial charge in [-0.1, -0.05) is 12.1 Å². The van der Waals surface area contributed by atoms with E-state index in [1.807, 2.05) is 12.1 Å². The van der Waals surface area contributed by atoms with Crippen molar-refractivity contribution in [1.82, 2.24) is 9.88 Å². The molecule has 2 rings (SSSR count). The Balaban J connectivity index is 2.12. The van der Waals surface area contributed by atoms with Crippen LogP contribution < -0.4 is 4.90 Å². The lowest BCUT2D eigenvalue weighted by Gasteiger charge is -2.26. The molecular formula is C19H20F3N3O2. The molecular weight excluding hydrogens is 359 g/mol. The summed E-state index contributed by atoms with van der Waals surface area (Å²) in [4.78, 5) is 30.6. The van der Waals surface area contributed by atoms with Crippen LogP contribution in [0.4, 0.5) is 18.9 Å². The van der Waals surface area contributed by atoms with E-state index in [4.69, 9.17) is 0 Å². The smallest absolute Gasteiger partial charge is 0.344 e. The Labute approximate surface area is 155 Å². The van der Waals surface area contributed by atoms with Gasteiger partial charge >= 0.3 is 6.18 Å². The highest BCUT2D eigenvalue weighted by molar-refractivity contribution is 5.98. The molecule has 0 atom stereocenters. The zero-order valence-electron chi connectivity index (χ0n) is 15.0. The van der Waals surface area contributed by atoms with Gasteiger partial charge in [-0.05, 0) is 36.2 Å². The number of nitrogens with zero attached hydrogens (tertiary/aromatic N) is 3. The number of hydrogen-bond acceptors (Lipinski definition) is 3. The number of hydrogen-bond donors (Lipinski definition) is 0. The first kappa shape index (κ1) is 20.4. The van der Waals surface area contributed by atoms with Gasteiger partial charge in [-0.2, -0.15) is 13.2 Å². The van der Waals surface area contributed by atoms with E-state index >= 15 is 0 Å². The average molecular weight is 379 g/mol. The molecule has 2 aromatic rings. The molecule has 0 aliphatic heterocycles. The molecule has 0 spiro atoms. The van der Waals surface area contributed by atoms with Gasteiger partial charge < -0.3 is 9.80 Å². The Kier molecular flexibility index (Phi) is 6.55. The molecule has 0 aliphatic carbocycles. The fourth-order valence-corrected chi connectivity index (χ4v) is 2.54. The van der Waals surface area contributed by atoms with Gasteiger partial charge in [-0.25, -0.2) is 0 Å². The maximum Gasteiger partial charge on any atom is 0.418 e. The zero-order chi connectivity index (χ0) is 20.0. The molecule has 0 radical (unpaired) electrons. The lowest BCUT2D eigenvalue weighted by molar-refractivity contribution is -0.137. The van der Waals surface area contributed by atoms with Crippen LogP contribution in [0, 0.1) is 0 Å². The summed E-state index contributed by atoms with van der Waals surface area (Å²) in [5, 5.41) is 0. The highest BCUT2D eigenvalue weighted by Gasteiger charge is 2.35. The van der Waals surface area contributed by atoms with Crippen molar-refractivity contribution in [2.24, 2.45) is 0 Å². The summed E-state index contributed by atoms with van der Waals surface area (Å²) in [5.41, 5.74) is -0.295. The summed E-state index contributed by atoms with van der Waals surface area (Å²) in [6, 6.07) is 8.36. The van der Waals surface area contributed by atoms with Crippen molar-refractivity contribution >= 4 is 17.5 Å². The van der Waals surface area contributed by atoms with Gasteiger partial charge in [0.15, 0.2) is 0 Å². The summed E-state index contributed by atoms with van der Waals surface area (Å²) in [5.74, 6) is -1.08. The molecule has 144 valence electrons. The second kappa shape index (κ2) is 8.66. The first-order valence-electron chi connectivity index (χ1n) is 8.27. The highest BCUT2D eigenvalue weighted by Crippen LogP contribution is 2.36. The van der Waals surface area contributed by atoms with Crippen LogP contribution in [-0.2, 0) is 22.2 Å². The first-order valence-corrected chi connectivity index (χ1v) is 8.27. The lowest BCUT2D eigenvalue weighted by Crippen LogP contribution is -2.42. The monoisotopic (exact) mass is 379 g/mol. The molecule has 1 aromatic heterocycles. The first-order chi connectivity index (χ1) is 12.7. The molecule has 0 saturated heterocycles. The van der Waals surface area contributed by atoms with Crippen LogP contribution in [0.3, 0.4) is 0 Å².